The standard InChI is InChI=1S/C17H15F2N3O3/c1-4-13-10(7-23)17(16-8(2)21-25-9(16)3)22(20-13)14-5-12(19)15(24)6-11(14)18/h5-7,24H,4H2,1-3H3. The third-order valence-electron chi connectivity index (χ3n) is 3.97. The molecule has 6 nitrogen and oxygen atoms in total. The minimum atomic E-state index is -0.998. The highest BCUT2D eigenvalue weighted by atomic mass is 19.1. The van der Waals surface area contributed by atoms with E-state index in [-0.39, 0.29) is 16.9 Å². The van der Waals surface area contributed by atoms with Crippen molar-refractivity contribution in [3.8, 4) is 22.7 Å². The summed E-state index contributed by atoms with van der Waals surface area (Å²) in [6.45, 7) is 5.13. The smallest absolute Gasteiger partial charge is 0.167 e. The molecule has 1 aromatic carbocycles. The first-order valence-electron chi connectivity index (χ1n) is 7.57. The van der Waals surface area contributed by atoms with E-state index in [2.05, 4.69) is 10.3 Å². The monoisotopic (exact) mass is 347 g/mol. The van der Waals surface area contributed by atoms with Crippen molar-refractivity contribution in [1.29, 1.82) is 0 Å². The van der Waals surface area contributed by atoms with Crippen LogP contribution in [0.1, 0.15) is 34.4 Å². The summed E-state index contributed by atoms with van der Waals surface area (Å²) < 4.78 is 34.5. The largest absolute Gasteiger partial charge is 0.505 e. The number of nitrogens with zero attached hydrogens (tertiary/aromatic N) is 3. The fraction of sp³-hybridized carbons (Fsp3) is 0.235. The average Bonchev–Trinajstić information content (AvgIpc) is 3.10. The molecule has 0 saturated heterocycles. The van der Waals surface area contributed by atoms with Crippen LogP contribution in [0.25, 0.3) is 16.9 Å². The number of aryl methyl sites for hydroxylation is 3. The van der Waals surface area contributed by atoms with Gasteiger partial charge in [0.05, 0.1) is 28.2 Å². The summed E-state index contributed by atoms with van der Waals surface area (Å²) in [5.41, 5.74) is 1.70. The predicted octanol–water partition coefficient (Wildman–Crippen LogP) is 3.50. The molecule has 1 N–H and O–H groups in total. The van der Waals surface area contributed by atoms with Crippen molar-refractivity contribution in [2.24, 2.45) is 0 Å². The molecule has 0 unspecified atom stereocenters. The molecule has 0 fully saturated rings. The lowest BCUT2D eigenvalue weighted by Gasteiger charge is -2.10. The fourth-order valence-electron chi connectivity index (χ4n) is 2.78. The summed E-state index contributed by atoms with van der Waals surface area (Å²) in [7, 11) is 0. The second kappa shape index (κ2) is 6.12. The maximum absolute atomic E-state index is 14.4. The SMILES string of the molecule is CCc1nn(-c2cc(F)c(O)cc2F)c(-c2c(C)noc2C)c1C=O. The number of carbonyl (C=O) groups excluding carboxylic acids is 1. The molecule has 0 radical (unpaired) electrons. The molecule has 0 amide bonds. The van der Waals surface area contributed by atoms with Gasteiger partial charge in [0.15, 0.2) is 23.7 Å². The summed E-state index contributed by atoms with van der Waals surface area (Å²) in [4.78, 5) is 11.7. The number of aromatic nitrogens is 3. The molecule has 0 bridgehead atoms. The zero-order chi connectivity index (χ0) is 18.3. The second-order valence-corrected chi connectivity index (χ2v) is 5.55. The van der Waals surface area contributed by atoms with Crippen LogP contribution in [0, 0.1) is 25.5 Å². The second-order valence-electron chi connectivity index (χ2n) is 5.55. The lowest BCUT2D eigenvalue weighted by Crippen LogP contribution is -2.04. The van der Waals surface area contributed by atoms with Crippen LogP contribution in [0.15, 0.2) is 16.7 Å². The topological polar surface area (TPSA) is 81.2 Å². The minimum absolute atomic E-state index is 0.229. The minimum Gasteiger partial charge on any atom is -0.505 e. The van der Waals surface area contributed by atoms with Crippen molar-refractivity contribution in [2.75, 3.05) is 0 Å². The predicted molar refractivity (Wildman–Crippen MR) is 84.9 cm³/mol. The fourth-order valence-corrected chi connectivity index (χ4v) is 2.78. The van der Waals surface area contributed by atoms with Crippen molar-refractivity contribution in [2.45, 2.75) is 27.2 Å². The number of phenols is 1. The Kier molecular flexibility index (Phi) is 4.12. The molecule has 0 atom stereocenters. The first-order valence-corrected chi connectivity index (χ1v) is 7.57. The van der Waals surface area contributed by atoms with E-state index >= 15 is 0 Å². The number of hydrogen-bond acceptors (Lipinski definition) is 5. The van der Waals surface area contributed by atoms with Crippen molar-refractivity contribution >= 4 is 6.29 Å². The van der Waals surface area contributed by atoms with E-state index in [4.69, 9.17) is 4.52 Å². The number of phenolic OH excluding ortho intramolecular Hbond substituents is 1. The van der Waals surface area contributed by atoms with Crippen LogP contribution in [-0.4, -0.2) is 26.3 Å². The van der Waals surface area contributed by atoms with E-state index in [1.54, 1.807) is 20.8 Å². The van der Waals surface area contributed by atoms with Gasteiger partial charge in [0.1, 0.15) is 11.4 Å². The Morgan fingerprint density at radius 2 is 2.00 bits per heavy atom. The highest BCUT2D eigenvalue weighted by molar-refractivity contribution is 5.89. The number of benzene rings is 1. The summed E-state index contributed by atoms with van der Waals surface area (Å²) in [5.74, 6) is -2.26. The van der Waals surface area contributed by atoms with E-state index in [9.17, 15) is 18.7 Å². The van der Waals surface area contributed by atoms with Crippen molar-refractivity contribution in [3.63, 3.8) is 0 Å². The average molecular weight is 347 g/mol. The molecule has 25 heavy (non-hydrogen) atoms. The molecule has 130 valence electrons. The molecule has 8 heteroatoms. The quantitative estimate of drug-likeness (QED) is 0.731. The molecule has 0 aliphatic carbocycles. The molecule has 3 rings (SSSR count). The van der Waals surface area contributed by atoms with E-state index in [0.717, 1.165) is 10.7 Å². The van der Waals surface area contributed by atoms with Gasteiger partial charge in [-0.1, -0.05) is 12.1 Å². The molecule has 3 aromatic rings. The van der Waals surface area contributed by atoms with Crippen molar-refractivity contribution < 1.29 is 23.2 Å². The Morgan fingerprint density at radius 3 is 2.56 bits per heavy atom. The van der Waals surface area contributed by atoms with Gasteiger partial charge in [-0.2, -0.15) is 5.10 Å². The van der Waals surface area contributed by atoms with E-state index < -0.39 is 17.4 Å². The lowest BCUT2D eigenvalue weighted by molar-refractivity contribution is 0.112. The Bertz CT molecular complexity index is 957. The number of halogens is 2. The molecule has 0 spiro atoms. The summed E-state index contributed by atoms with van der Waals surface area (Å²) in [6, 6.07) is 1.49. The Labute approximate surface area is 141 Å². The molecular weight excluding hydrogens is 332 g/mol. The molecule has 0 saturated carbocycles. The van der Waals surface area contributed by atoms with Gasteiger partial charge in [-0.25, -0.2) is 13.5 Å². The van der Waals surface area contributed by atoms with Crippen molar-refractivity contribution in [1.82, 2.24) is 14.9 Å². The highest BCUT2D eigenvalue weighted by Crippen LogP contribution is 2.34. The summed E-state index contributed by atoms with van der Waals surface area (Å²) in [6.07, 6.45) is 1.04. The van der Waals surface area contributed by atoms with Gasteiger partial charge in [-0.15, -0.1) is 0 Å². The molecular formula is C17H15F2N3O3. The van der Waals surface area contributed by atoms with E-state index in [1.807, 2.05) is 0 Å². The van der Waals surface area contributed by atoms with Crippen LogP contribution < -0.4 is 0 Å². The van der Waals surface area contributed by atoms with E-state index in [1.165, 1.54) is 0 Å². The zero-order valence-electron chi connectivity index (χ0n) is 13.8. The number of carbonyl (C=O) groups is 1. The third-order valence-corrected chi connectivity index (χ3v) is 3.97. The lowest BCUT2D eigenvalue weighted by atomic mass is 10.0. The highest BCUT2D eigenvalue weighted by Gasteiger charge is 2.26. The van der Waals surface area contributed by atoms with Gasteiger partial charge in [-0.3, -0.25) is 4.79 Å². The maximum Gasteiger partial charge on any atom is 0.167 e. The van der Waals surface area contributed by atoms with Crippen LogP contribution in [0.2, 0.25) is 0 Å². The summed E-state index contributed by atoms with van der Waals surface area (Å²) in [5, 5.41) is 17.5. The number of rotatable bonds is 4. The van der Waals surface area contributed by atoms with Crippen LogP contribution >= 0.6 is 0 Å². The van der Waals surface area contributed by atoms with Gasteiger partial charge in [0.25, 0.3) is 0 Å². The molecule has 2 aromatic heterocycles. The Hall–Kier alpha value is -3.03. The third kappa shape index (κ3) is 2.59. The maximum atomic E-state index is 14.4. The Balaban J connectivity index is 2.41. The number of aromatic hydroxyl groups is 1. The number of aldehydes is 1. The van der Waals surface area contributed by atoms with Crippen LogP contribution in [0.4, 0.5) is 8.78 Å². The summed E-state index contributed by atoms with van der Waals surface area (Å²) >= 11 is 0. The van der Waals surface area contributed by atoms with Gasteiger partial charge < -0.3 is 9.63 Å². The Morgan fingerprint density at radius 1 is 1.28 bits per heavy atom. The van der Waals surface area contributed by atoms with E-state index in [0.29, 0.717) is 41.5 Å². The van der Waals surface area contributed by atoms with Crippen LogP contribution in [0.3, 0.4) is 0 Å². The molecule has 0 aliphatic heterocycles. The van der Waals surface area contributed by atoms with Gasteiger partial charge in [0, 0.05) is 12.1 Å². The molecule has 2 heterocycles. The van der Waals surface area contributed by atoms with Crippen LogP contribution in [-0.2, 0) is 6.42 Å². The normalized spacial score (nSPS) is 11.1. The zero-order valence-corrected chi connectivity index (χ0v) is 13.8. The molecule has 0 aliphatic rings. The first-order chi connectivity index (χ1) is 11.9. The van der Waals surface area contributed by atoms with Crippen LogP contribution in [0.5, 0.6) is 5.75 Å². The van der Waals surface area contributed by atoms with Gasteiger partial charge >= 0.3 is 0 Å². The first kappa shape index (κ1) is 16.8. The van der Waals surface area contributed by atoms with Gasteiger partial charge in [-0.05, 0) is 20.3 Å². The van der Waals surface area contributed by atoms with Gasteiger partial charge in [0.2, 0.25) is 0 Å². The number of hydrogen-bond donors (Lipinski definition) is 1. The van der Waals surface area contributed by atoms with Crippen molar-refractivity contribution in [3.05, 3.63) is 46.5 Å².